The number of rotatable bonds is 10. The van der Waals surface area contributed by atoms with Crippen molar-refractivity contribution in [3.8, 4) is 0 Å². The zero-order valence-corrected chi connectivity index (χ0v) is 19.4. The highest BCUT2D eigenvalue weighted by atomic mass is 32.2. The normalized spacial score (nSPS) is 11.7. The van der Waals surface area contributed by atoms with Gasteiger partial charge in [-0.2, -0.15) is 0 Å². The Balaban J connectivity index is 1.62. The van der Waals surface area contributed by atoms with Gasteiger partial charge in [0.2, 0.25) is 11.8 Å². The number of aryl methyl sites for hydroxylation is 2. The Hall–Kier alpha value is -3.13. The molecule has 0 saturated carbocycles. The fourth-order valence-corrected chi connectivity index (χ4v) is 3.85. The second-order valence-corrected chi connectivity index (χ2v) is 8.88. The van der Waals surface area contributed by atoms with Gasteiger partial charge in [-0.3, -0.25) is 14.6 Å². The molecule has 168 valence electrons. The molecule has 3 aromatic rings. The number of hydrogen-bond donors (Lipinski definition) is 1. The molecule has 0 aliphatic rings. The van der Waals surface area contributed by atoms with Gasteiger partial charge < -0.3 is 14.7 Å². The molecular formula is C24H28N4O3S. The van der Waals surface area contributed by atoms with Gasteiger partial charge in [-0.15, -0.1) is 11.8 Å². The van der Waals surface area contributed by atoms with Crippen molar-refractivity contribution in [2.75, 3.05) is 11.1 Å². The summed E-state index contributed by atoms with van der Waals surface area (Å²) in [5.41, 5.74) is 3.29. The molecule has 1 aromatic carbocycles. The smallest absolute Gasteiger partial charge is 0.238 e. The summed E-state index contributed by atoms with van der Waals surface area (Å²) in [6.45, 7) is 6.60. The topological polar surface area (TPSA) is 88.3 Å². The van der Waals surface area contributed by atoms with E-state index in [0.29, 0.717) is 24.7 Å². The predicted molar refractivity (Wildman–Crippen MR) is 126 cm³/mol. The first-order valence-corrected chi connectivity index (χ1v) is 11.6. The summed E-state index contributed by atoms with van der Waals surface area (Å²) in [5.74, 6) is 0.939. The molecule has 32 heavy (non-hydrogen) atoms. The maximum absolute atomic E-state index is 13.1. The van der Waals surface area contributed by atoms with Crippen LogP contribution in [-0.4, -0.2) is 37.9 Å². The molecule has 7 nitrogen and oxygen atoms in total. The highest BCUT2D eigenvalue weighted by Crippen LogP contribution is 2.18. The van der Waals surface area contributed by atoms with Crippen LogP contribution >= 0.6 is 11.8 Å². The Bertz CT molecular complexity index is 1020. The first-order chi connectivity index (χ1) is 15.4. The Kier molecular flexibility index (Phi) is 8.44. The molecule has 0 saturated heterocycles. The van der Waals surface area contributed by atoms with Crippen LogP contribution in [0.5, 0.6) is 0 Å². The summed E-state index contributed by atoms with van der Waals surface area (Å²) in [7, 11) is 0. The minimum Gasteiger partial charge on any atom is -0.360 e. The summed E-state index contributed by atoms with van der Waals surface area (Å²) in [4.78, 5) is 31.4. The number of carbonyl (C=O) groups is 2. The van der Waals surface area contributed by atoms with E-state index in [1.165, 1.54) is 17.3 Å². The van der Waals surface area contributed by atoms with E-state index in [-0.39, 0.29) is 17.6 Å². The van der Waals surface area contributed by atoms with Crippen LogP contribution in [0.3, 0.4) is 0 Å². The third kappa shape index (κ3) is 6.95. The van der Waals surface area contributed by atoms with Gasteiger partial charge in [0, 0.05) is 31.5 Å². The molecular weight excluding hydrogens is 424 g/mol. The van der Waals surface area contributed by atoms with Crippen molar-refractivity contribution >= 4 is 29.4 Å². The lowest BCUT2D eigenvalue weighted by atomic mass is 10.1. The Morgan fingerprint density at radius 2 is 1.84 bits per heavy atom. The molecule has 3 rings (SSSR count). The molecule has 1 unspecified atom stereocenters. The number of amides is 2. The Morgan fingerprint density at radius 3 is 2.47 bits per heavy atom. The van der Waals surface area contributed by atoms with E-state index in [1.807, 2.05) is 12.1 Å². The molecule has 1 atom stereocenters. The lowest BCUT2D eigenvalue weighted by Gasteiger charge is -2.23. The number of aromatic nitrogens is 2. The number of nitrogens with one attached hydrogen (secondary N) is 1. The predicted octanol–water partition coefficient (Wildman–Crippen LogP) is 4.23. The summed E-state index contributed by atoms with van der Waals surface area (Å²) >= 11 is 1.30. The van der Waals surface area contributed by atoms with Gasteiger partial charge in [-0.1, -0.05) is 42.4 Å². The minimum atomic E-state index is -0.417. The van der Waals surface area contributed by atoms with Gasteiger partial charge in [0.05, 0.1) is 11.0 Å². The molecule has 0 spiro atoms. The highest BCUT2D eigenvalue weighted by Gasteiger charge is 2.20. The van der Waals surface area contributed by atoms with Crippen LogP contribution in [-0.2, 0) is 29.1 Å². The first-order valence-electron chi connectivity index (χ1n) is 10.5. The van der Waals surface area contributed by atoms with Crippen molar-refractivity contribution < 1.29 is 14.1 Å². The standard InChI is InChI=1S/C24H28N4O3S/c1-4-19-7-9-20(10-8-19)14-28(15-21-6-5-11-25-13-21)23(29)16-32-18(3)24(30)26-22-12-17(2)31-27-22/h5-13,18H,4,14-16H2,1-3H3,(H,26,27,30). The number of pyridine rings is 1. The molecule has 0 fully saturated rings. The van der Waals surface area contributed by atoms with E-state index in [0.717, 1.165) is 17.5 Å². The van der Waals surface area contributed by atoms with Gasteiger partial charge >= 0.3 is 0 Å². The van der Waals surface area contributed by atoms with Crippen molar-refractivity contribution in [3.05, 3.63) is 77.3 Å². The quantitative estimate of drug-likeness (QED) is 0.495. The molecule has 8 heteroatoms. The molecule has 0 bridgehead atoms. The number of nitrogens with zero attached hydrogens (tertiary/aromatic N) is 3. The fourth-order valence-electron chi connectivity index (χ4n) is 3.06. The maximum Gasteiger partial charge on any atom is 0.238 e. The van der Waals surface area contributed by atoms with Crippen LogP contribution in [0.1, 0.15) is 36.3 Å². The second-order valence-electron chi connectivity index (χ2n) is 7.55. The van der Waals surface area contributed by atoms with E-state index in [9.17, 15) is 9.59 Å². The molecule has 0 radical (unpaired) electrons. The van der Waals surface area contributed by atoms with Gasteiger partial charge in [-0.25, -0.2) is 0 Å². The van der Waals surface area contributed by atoms with Crippen LogP contribution in [0.15, 0.2) is 59.4 Å². The molecule has 0 aliphatic heterocycles. The average Bonchev–Trinajstić information content (AvgIpc) is 3.22. The largest absolute Gasteiger partial charge is 0.360 e. The lowest BCUT2D eigenvalue weighted by Crippen LogP contribution is -2.33. The number of carbonyl (C=O) groups excluding carboxylic acids is 2. The summed E-state index contributed by atoms with van der Waals surface area (Å²) < 4.78 is 4.97. The lowest BCUT2D eigenvalue weighted by molar-refractivity contribution is -0.129. The summed E-state index contributed by atoms with van der Waals surface area (Å²) in [6.07, 6.45) is 4.46. The van der Waals surface area contributed by atoms with E-state index < -0.39 is 5.25 Å². The van der Waals surface area contributed by atoms with Gasteiger partial charge in [0.25, 0.3) is 0 Å². The van der Waals surface area contributed by atoms with E-state index in [1.54, 1.807) is 37.2 Å². The number of anilines is 1. The Morgan fingerprint density at radius 1 is 1.12 bits per heavy atom. The summed E-state index contributed by atoms with van der Waals surface area (Å²) in [5, 5.41) is 6.06. The third-order valence-corrected chi connectivity index (χ3v) is 6.09. The Labute approximate surface area is 192 Å². The zero-order chi connectivity index (χ0) is 22.9. The SMILES string of the molecule is CCc1ccc(CN(Cc2cccnc2)C(=O)CSC(C)C(=O)Nc2cc(C)on2)cc1. The van der Waals surface area contributed by atoms with Gasteiger partial charge in [-0.05, 0) is 43.0 Å². The number of benzene rings is 1. The summed E-state index contributed by atoms with van der Waals surface area (Å²) in [6, 6.07) is 13.8. The van der Waals surface area contributed by atoms with Crippen LogP contribution in [0.2, 0.25) is 0 Å². The fraction of sp³-hybridized carbons (Fsp3) is 0.333. The highest BCUT2D eigenvalue weighted by molar-refractivity contribution is 8.01. The van der Waals surface area contributed by atoms with Crippen molar-refractivity contribution in [2.24, 2.45) is 0 Å². The zero-order valence-electron chi connectivity index (χ0n) is 18.6. The molecule has 2 amide bonds. The molecule has 0 aliphatic carbocycles. The number of hydrogen-bond acceptors (Lipinski definition) is 6. The number of thioether (sulfide) groups is 1. The molecule has 1 N–H and O–H groups in total. The maximum atomic E-state index is 13.1. The van der Waals surface area contributed by atoms with E-state index >= 15 is 0 Å². The first kappa shape index (κ1) is 23.5. The van der Waals surface area contributed by atoms with Crippen LogP contribution in [0.25, 0.3) is 0 Å². The van der Waals surface area contributed by atoms with Crippen molar-refractivity contribution in [1.82, 2.24) is 15.0 Å². The van der Waals surface area contributed by atoms with Crippen LogP contribution < -0.4 is 5.32 Å². The monoisotopic (exact) mass is 452 g/mol. The second kappa shape index (κ2) is 11.5. The van der Waals surface area contributed by atoms with Gasteiger partial charge in [0.1, 0.15) is 5.76 Å². The minimum absolute atomic E-state index is 0.0321. The van der Waals surface area contributed by atoms with Crippen molar-refractivity contribution in [3.63, 3.8) is 0 Å². The molecule has 2 heterocycles. The van der Waals surface area contributed by atoms with Crippen LogP contribution in [0.4, 0.5) is 5.82 Å². The average molecular weight is 453 g/mol. The molecule has 2 aromatic heterocycles. The van der Waals surface area contributed by atoms with E-state index in [2.05, 4.69) is 46.6 Å². The van der Waals surface area contributed by atoms with E-state index in [4.69, 9.17) is 4.52 Å². The van der Waals surface area contributed by atoms with Crippen molar-refractivity contribution in [2.45, 2.75) is 45.5 Å². The van der Waals surface area contributed by atoms with Crippen LogP contribution in [0, 0.1) is 6.92 Å². The van der Waals surface area contributed by atoms with Gasteiger partial charge in [0.15, 0.2) is 5.82 Å². The third-order valence-electron chi connectivity index (χ3n) is 4.96. The van der Waals surface area contributed by atoms with Crippen molar-refractivity contribution in [1.29, 1.82) is 0 Å².